The fraction of sp³-hybridized carbons (Fsp3) is 0.684. The first-order valence-corrected chi connectivity index (χ1v) is 8.38. The standard InChI is InChI=1S/C19H33NO/c1-14(2)13-20-11-7-8-17(6)21-19-12-16(5)9-10-18(19)15(3)4/h9-10,12,14-15,17,20H,7-8,11,13H2,1-6H3. The number of ether oxygens (including phenoxy) is 1. The zero-order valence-electron chi connectivity index (χ0n) is 14.7. The molecule has 1 unspecified atom stereocenters. The minimum absolute atomic E-state index is 0.269. The topological polar surface area (TPSA) is 21.3 Å². The van der Waals surface area contributed by atoms with Gasteiger partial charge in [-0.25, -0.2) is 0 Å². The van der Waals surface area contributed by atoms with E-state index >= 15 is 0 Å². The van der Waals surface area contributed by atoms with E-state index in [4.69, 9.17) is 4.74 Å². The summed E-state index contributed by atoms with van der Waals surface area (Å²) in [5.41, 5.74) is 2.57. The predicted molar refractivity (Wildman–Crippen MR) is 92.3 cm³/mol. The summed E-state index contributed by atoms with van der Waals surface area (Å²) in [7, 11) is 0. The molecule has 0 aliphatic carbocycles. The first kappa shape index (κ1) is 18.0. The van der Waals surface area contributed by atoms with Gasteiger partial charge in [-0.1, -0.05) is 39.8 Å². The second-order valence-corrected chi connectivity index (χ2v) is 6.86. The van der Waals surface area contributed by atoms with Gasteiger partial charge in [-0.2, -0.15) is 0 Å². The van der Waals surface area contributed by atoms with E-state index in [1.165, 1.54) is 11.1 Å². The molecule has 2 heteroatoms. The van der Waals surface area contributed by atoms with E-state index in [-0.39, 0.29) is 6.10 Å². The van der Waals surface area contributed by atoms with Crippen LogP contribution < -0.4 is 10.1 Å². The molecule has 2 nitrogen and oxygen atoms in total. The molecule has 0 spiro atoms. The van der Waals surface area contributed by atoms with E-state index in [0.29, 0.717) is 5.92 Å². The molecule has 1 aromatic carbocycles. The fourth-order valence-electron chi connectivity index (χ4n) is 2.40. The van der Waals surface area contributed by atoms with Crippen molar-refractivity contribution in [3.63, 3.8) is 0 Å². The molecule has 0 aliphatic rings. The van der Waals surface area contributed by atoms with Crippen LogP contribution in [-0.4, -0.2) is 19.2 Å². The number of aryl methyl sites for hydroxylation is 1. The van der Waals surface area contributed by atoms with Gasteiger partial charge in [0, 0.05) is 0 Å². The molecule has 120 valence electrons. The summed E-state index contributed by atoms with van der Waals surface area (Å²) in [6.45, 7) is 15.4. The van der Waals surface area contributed by atoms with Crippen LogP contribution in [-0.2, 0) is 0 Å². The highest BCUT2D eigenvalue weighted by atomic mass is 16.5. The molecule has 0 bridgehead atoms. The molecule has 0 aromatic heterocycles. The van der Waals surface area contributed by atoms with Crippen LogP contribution in [0.1, 0.15) is 64.5 Å². The second kappa shape index (κ2) is 9.09. The van der Waals surface area contributed by atoms with Gasteiger partial charge in [0.2, 0.25) is 0 Å². The molecule has 1 N–H and O–H groups in total. The smallest absolute Gasteiger partial charge is 0.123 e. The zero-order valence-corrected chi connectivity index (χ0v) is 14.7. The van der Waals surface area contributed by atoms with Crippen molar-refractivity contribution in [3.05, 3.63) is 29.3 Å². The minimum atomic E-state index is 0.269. The van der Waals surface area contributed by atoms with Crippen molar-refractivity contribution < 1.29 is 4.74 Å². The lowest BCUT2D eigenvalue weighted by Crippen LogP contribution is -2.22. The van der Waals surface area contributed by atoms with E-state index in [1.54, 1.807) is 0 Å². The molecule has 21 heavy (non-hydrogen) atoms. The molecular weight excluding hydrogens is 258 g/mol. The lowest BCUT2D eigenvalue weighted by atomic mass is 10.0. The minimum Gasteiger partial charge on any atom is -0.490 e. The van der Waals surface area contributed by atoms with Crippen molar-refractivity contribution in [1.29, 1.82) is 0 Å². The molecule has 0 saturated carbocycles. The van der Waals surface area contributed by atoms with Gasteiger partial charge in [0.1, 0.15) is 5.75 Å². The molecule has 0 heterocycles. The van der Waals surface area contributed by atoms with Crippen LogP contribution in [0.5, 0.6) is 5.75 Å². The molecule has 0 fully saturated rings. The fourth-order valence-corrected chi connectivity index (χ4v) is 2.40. The van der Waals surface area contributed by atoms with Crippen LogP contribution in [0.4, 0.5) is 0 Å². The Labute approximate surface area is 131 Å². The Morgan fingerprint density at radius 2 is 1.81 bits per heavy atom. The predicted octanol–water partition coefficient (Wildman–Crippen LogP) is 4.91. The summed E-state index contributed by atoms with van der Waals surface area (Å²) >= 11 is 0. The molecule has 1 atom stereocenters. The van der Waals surface area contributed by atoms with E-state index < -0.39 is 0 Å². The first-order valence-electron chi connectivity index (χ1n) is 8.38. The Morgan fingerprint density at radius 1 is 1.10 bits per heavy atom. The maximum Gasteiger partial charge on any atom is 0.123 e. The van der Waals surface area contributed by atoms with Gasteiger partial charge in [0.25, 0.3) is 0 Å². The third-order valence-corrected chi connectivity index (χ3v) is 3.64. The second-order valence-electron chi connectivity index (χ2n) is 6.86. The largest absolute Gasteiger partial charge is 0.490 e. The van der Waals surface area contributed by atoms with Crippen molar-refractivity contribution in [3.8, 4) is 5.75 Å². The summed E-state index contributed by atoms with van der Waals surface area (Å²) in [5.74, 6) is 2.28. The highest BCUT2D eigenvalue weighted by Crippen LogP contribution is 2.28. The SMILES string of the molecule is Cc1ccc(C(C)C)c(OC(C)CCCNCC(C)C)c1. The third kappa shape index (κ3) is 6.99. The number of rotatable bonds is 9. The highest BCUT2D eigenvalue weighted by molar-refractivity contribution is 5.39. The van der Waals surface area contributed by atoms with Crippen LogP contribution in [0.2, 0.25) is 0 Å². The van der Waals surface area contributed by atoms with Gasteiger partial charge in [-0.15, -0.1) is 0 Å². The molecule has 0 saturated heterocycles. The zero-order chi connectivity index (χ0) is 15.8. The number of nitrogens with one attached hydrogen (secondary N) is 1. The van der Waals surface area contributed by atoms with Crippen molar-refractivity contribution in [2.24, 2.45) is 5.92 Å². The van der Waals surface area contributed by atoms with Gasteiger partial charge in [0.05, 0.1) is 6.10 Å². The Hall–Kier alpha value is -1.02. The molecule has 0 amide bonds. The third-order valence-electron chi connectivity index (χ3n) is 3.64. The number of benzene rings is 1. The number of hydrogen-bond acceptors (Lipinski definition) is 2. The van der Waals surface area contributed by atoms with Gasteiger partial charge in [-0.05, 0) is 68.8 Å². The maximum atomic E-state index is 6.19. The quantitative estimate of drug-likeness (QED) is 0.653. The summed E-state index contributed by atoms with van der Waals surface area (Å²) in [6.07, 6.45) is 2.53. The van der Waals surface area contributed by atoms with Crippen LogP contribution >= 0.6 is 0 Å². The summed E-state index contributed by atoms with van der Waals surface area (Å²) < 4.78 is 6.19. The van der Waals surface area contributed by atoms with E-state index in [2.05, 4.69) is 65.1 Å². The molecule has 0 radical (unpaired) electrons. The highest BCUT2D eigenvalue weighted by Gasteiger charge is 2.11. The molecule has 0 aliphatic heterocycles. The summed E-state index contributed by atoms with van der Waals surface area (Å²) in [5, 5.41) is 3.49. The lowest BCUT2D eigenvalue weighted by molar-refractivity contribution is 0.204. The Balaban J connectivity index is 2.43. The van der Waals surface area contributed by atoms with Crippen LogP contribution in [0.3, 0.4) is 0 Å². The average Bonchev–Trinajstić information content (AvgIpc) is 2.37. The van der Waals surface area contributed by atoms with Gasteiger partial charge in [0.15, 0.2) is 0 Å². The molecular formula is C19H33NO. The van der Waals surface area contributed by atoms with Gasteiger partial charge < -0.3 is 10.1 Å². The monoisotopic (exact) mass is 291 g/mol. The van der Waals surface area contributed by atoms with Crippen molar-refractivity contribution >= 4 is 0 Å². The van der Waals surface area contributed by atoms with E-state index in [9.17, 15) is 0 Å². The summed E-state index contributed by atoms with van der Waals surface area (Å²) in [4.78, 5) is 0. The number of hydrogen-bond donors (Lipinski definition) is 1. The van der Waals surface area contributed by atoms with Crippen LogP contribution in [0.25, 0.3) is 0 Å². The van der Waals surface area contributed by atoms with Crippen LogP contribution in [0.15, 0.2) is 18.2 Å². The first-order chi connectivity index (χ1) is 9.90. The van der Waals surface area contributed by atoms with Crippen molar-refractivity contribution in [1.82, 2.24) is 5.32 Å². The summed E-state index contributed by atoms with van der Waals surface area (Å²) in [6, 6.07) is 6.54. The van der Waals surface area contributed by atoms with Gasteiger partial charge >= 0.3 is 0 Å². The van der Waals surface area contributed by atoms with E-state index in [0.717, 1.165) is 37.6 Å². The lowest BCUT2D eigenvalue weighted by Gasteiger charge is -2.20. The Morgan fingerprint density at radius 3 is 2.43 bits per heavy atom. The molecule has 1 aromatic rings. The van der Waals surface area contributed by atoms with Crippen molar-refractivity contribution in [2.45, 2.75) is 66.4 Å². The Kier molecular flexibility index (Phi) is 7.81. The maximum absolute atomic E-state index is 6.19. The average molecular weight is 291 g/mol. The van der Waals surface area contributed by atoms with Crippen LogP contribution in [0, 0.1) is 12.8 Å². The van der Waals surface area contributed by atoms with E-state index in [1.807, 2.05) is 0 Å². The van der Waals surface area contributed by atoms with Crippen molar-refractivity contribution in [2.75, 3.05) is 13.1 Å². The Bertz CT molecular complexity index is 412. The molecule has 1 rings (SSSR count). The normalized spacial score (nSPS) is 13.0. The van der Waals surface area contributed by atoms with Gasteiger partial charge in [-0.3, -0.25) is 0 Å².